The summed E-state index contributed by atoms with van der Waals surface area (Å²) < 4.78 is 23.6. The molecule has 24 heavy (non-hydrogen) atoms. The number of nitrogens with one attached hydrogen (secondary N) is 1. The van der Waals surface area contributed by atoms with Crippen LogP contribution in [-0.4, -0.2) is 56.5 Å². The molecule has 0 saturated carbocycles. The molecule has 1 aromatic rings. The Labute approximate surface area is 167 Å². The monoisotopic (exact) mass is 487 g/mol. The van der Waals surface area contributed by atoms with Crippen molar-refractivity contribution in [2.75, 3.05) is 32.4 Å². The maximum Gasteiger partial charge on any atom is 0.193 e. The number of halogens is 1. The lowest BCUT2D eigenvalue weighted by Gasteiger charge is -2.22. The van der Waals surface area contributed by atoms with E-state index >= 15 is 0 Å². The first kappa shape index (κ1) is 23.6. The third kappa shape index (κ3) is 7.69. The number of rotatable bonds is 7. The predicted molar refractivity (Wildman–Crippen MR) is 116 cm³/mol. The van der Waals surface area contributed by atoms with Crippen LogP contribution in [0.25, 0.3) is 0 Å². The third-order valence-electron chi connectivity index (χ3n) is 3.52. The minimum atomic E-state index is -3.13. The molecule has 0 aliphatic carbocycles. The molecule has 0 spiro atoms. The minimum Gasteiger partial charge on any atom is -0.357 e. The van der Waals surface area contributed by atoms with Crippen molar-refractivity contribution in [2.45, 2.75) is 38.9 Å². The Kier molecular flexibility index (Phi) is 10.4. The average molecular weight is 487 g/mol. The molecule has 0 radical (unpaired) electrons. The van der Waals surface area contributed by atoms with Crippen molar-refractivity contribution in [3.8, 4) is 0 Å². The summed E-state index contributed by atoms with van der Waals surface area (Å²) in [6.07, 6.45) is 0.957. The molecular weight excluding hydrogens is 457 g/mol. The topological polar surface area (TPSA) is 61.8 Å². The molecule has 0 aliphatic rings. The van der Waals surface area contributed by atoms with Gasteiger partial charge in [0.15, 0.2) is 15.8 Å². The number of sulfone groups is 1. The first-order valence-corrected chi connectivity index (χ1v) is 10.4. The number of hydrogen-bond donors (Lipinski definition) is 1. The van der Waals surface area contributed by atoms with Gasteiger partial charge in [-0.1, -0.05) is 6.07 Å². The normalized spacial score (nSPS) is 12.6. The Morgan fingerprint density at radius 2 is 2.04 bits per heavy atom. The van der Waals surface area contributed by atoms with Gasteiger partial charge in [-0.25, -0.2) is 8.42 Å². The summed E-state index contributed by atoms with van der Waals surface area (Å²) in [7, 11) is -1.15. The molecule has 0 fully saturated rings. The molecule has 1 rings (SSSR count). The second kappa shape index (κ2) is 10.6. The van der Waals surface area contributed by atoms with E-state index in [-0.39, 0.29) is 36.3 Å². The average Bonchev–Trinajstić information content (AvgIpc) is 2.95. The van der Waals surface area contributed by atoms with Gasteiger partial charge in [0.1, 0.15) is 0 Å². The summed E-state index contributed by atoms with van der Waals surface area (Å²) in [5.41, 5.74) is 0. The van der Waals surface area contributed by atoms with Gasteiger partial charge in [-0.05, 0) is 45.6 Å². The maximum atomic E-state index is 12.1. The van der Waals surface area contributed by atoms with Crippen molar-refractivity contribution in [3.63, 3.8) is 0 Å². The van der Waals surface area contributed by atoms with Crippen LogP contribution >= 0.6 is 35.3 Å². The molecule has 140 valence electrons. The van der Waals surface area contributed by atoms with Gasteiger partial charge in [0.25, 0.3) is 0 Å². The Hall–Kier alpha value is -0.350. The lowest BCUT2D eigenvalue weighted by atomic mass is 10.3. The molecule has 0 saturated heterocycles. The molecule has 1 heterocycles. The Morgan fingerprint density at radius 1 is 1.38 bits per heavy atom. The van der Waals surface area contributed by atoms with Crippen LogP contribution in [-0.2, 0) is 16.3 Å². The highest BCUT2D eigenvalue weighted by Gasteiger charge is 2.28. The van der Waals surface area contributed by atoms with Crippen LogP contribution in [0.4, 0.5) is 0 Å². The molecule has 0 atom stereocenters. The predicted octanol–water partition coefficient (Wildman–Crippen LogP) is 3.02. The molecule has 8 heteroatoms. The molecule has 0 aliphatic heterocycles. The van der Waals surface area contributed by atoms with Crippen LogP contribution in [0.1, 0.15) is 32.6 Å². The van der Waals surface area contributed by atoms with E-state index in [0.29, 0.717) is 0 Å². The Balaban J connectivity index is 0.00000529. The number of thiophene rings is 1. The molecule has 5 nitrogen and oxygen atoms in total. The molecule has 0 aromatic carbocycles. The van der Waals surface area contributed by atoms with Crippen LogP contribution in [0.15, 0.2) is 22.5 Å². The largest absolute Gasteiger partial charge is 0.357 e. The minimum absolute atomic E-state index is 0. The number of aliphatic imine (C=N–C) groups is 1. The zero-order valence-electron chi connectivity index (χ0n) is 15.2. The van der Waals surface area contributed by atoms with E-state index < -0.39 is 14.6 Å². The fourth-order valence-electron chi connectivity index (χ4n) is 1.89. The van der Waals surface area contributed by atoms with E-state index in [0.717, 1.165) is 25.5 Å². The number of guanidine groups is 1. The SMILES string of the molecule is CCNC(=NCCS(=O)(=O)C(C)(C)C)N(C)CCc1cccs1.I. The van der Waals surface area contributed by atoms with E-state index in [1.54, 1.807) is 32.1 Å². The van der Waals surface area contributed by atoms with Crippen LogP contribution < -0.4 is 5.32 Å². The molecule has 1 N–H and O–H groups in total. The number of nitrogens with zero attached hydrogens (tertiary/aromatic N) is 2. The fourth-order valence-corrected chi connectivity index (χ4v) is 3.53. The van der Waals surface area contributed by atoms with Crippen molar-refractivity contribution in [1.29, 1.82) is 0 Å². The van der Waals surface area contributed by atoms with Crippen molar-refractivity contribution in [3.05, 3.63) is 22.4 Å². The summed E-state index contributed by atoms with van der Waals surface area (Å²) in [6.45, 7) is 9.07. The van der Waals surface area contributed by atoms with Gasteiger partial charge >= 0.3 is 0 Å². The Morgan fingerprint density at radius 3 is 2.54 bits per heavy atom. The summed E-state index contributed by atoms with van der Waals surface area (Å²) in [6, 6.07) is 4.18. The molecular formula is C16H30IN3O2S2. The van der Waals surface area contributed by atoms with E-state index in [2.05, 4.69) is 27.8 Å². The summed E-state index contributed by atoms with van der Waals surface area (Å²) in [4.78, 5) is 7.85. The first-order valence-electron chi connectivity index (χ1n) is 7.91. The van der Waals surface area contributed by atoms with E-state index in [1.165, 1.54) is 4.88 Å². The first-order chi connectivity index (χ1) is 10.7. The summed E-state index contributed by atoms with van der Waals surface area (Å²) >= 11 is 1.75. The van der Waals surface area contributed by atoms with Gasteiger partial charge in [0.05, 0.1) is 17.0 Å². The van der Waals surface area contributed by atoms with E-state index in [4.69, 9.17) is 0 Å². The van der Waals surface area contributed by atoms with Gasteiger partial charge in [0.2, 0.25) is 0 Å². The maximum absolute atomic E-state index is 12.1. The van der Waals surface area contributed by atoms with Crippen LogP contribution in [0.3, 0.4) is 0 Å². The fraction of sp³-hybridized carbons (Fsp3) is 0.688. The molecule has 0 unspecified atom stereocenters. The lowest BCUT2D eigenvalue weighted by molar-refractivity contribution is 0.487. The van der Waals surface area contributed by atoms with E-state index in [1.807, 2.05) is 18.9 Å². The highest BCUT2D eigenvalue weighted by atomic mass is 127. The highest BCUT2D eigenvalue weighted by Crippen LogP contribution is 2.15. The quantitative estimate of drug-likeness (QED) is 0.365. The van der Waals surface area contributed by atoms with Gasteiger partial charge in [-0.15, -0.1) is 35.3 Å². The zero-order chi connectivity index (χ0) is 17.5. The van der Waals surface area contributed by atoms with Crippen molar-refractivity contribution in [2.24, 2.45) is 4.99 Å². The van der Waals surface area contributed by atoms with Crippen molar-refractivity contribution in [1.82, 2.24) is 10.2 Å². The van der Waals surface area contributed by atoms with E-state index in [9.17, 15) is 8.42 Å². The van der Waals surface area contributed by atoms with Crippen molar-refractivity contribution >= 4 is 51.1 Å². The molecule has 0 bridgehead atoms. The number of hydrogen-bond acceptors (Lipinski definition) is 4. The summed E-state index contributed by atoms with van der Waals surface area (Å²) in [5.74, 6) is 0.831. The van der Waals surface area contributed by atoms with Gasteiger partial charge in [0, 0.05) is 25.0 Å². The molecule has 1 aromatic heterocycles. The standard InChI is InChI=1S/C16H29N3O2S2.HI/c1-6-17-15(18-10-13-23(20,21)16(2,3)4)19(5)11-9-14-8-7-12-22-14;/h7-8,12H,6,9-11,13H2,1-5H3,(H,17,18);1H. The van der Waals surface area contributed by atoms with Crippen molar-refractivity contribution < 1.29 is 8.42 Å². The Bertz CT molecular complexity index is 593. The van der Waals surface area contributed by atoms with Crippen LogP contribution in [0, 0.1) is 0 Å². The smallest absolute Gasteiger partial charge is 0.193 e. The lowest BCUT2D eigenvalue weighted by Crippen LogP contribution is -2.40. The summed E-state index contributed by atoms with van der Waals surface area (Å²) in [5, 5.41) is 5.30. The number of likely N-dealkylation sites (N-methyl/N-ethyl adjacent to an activating group) is 1. The zero-order valence-corrected chi connectivity index (χ0v) is 19.2. The van der Waals surface area contributed by atoms with Gasteiger partial charge in [-0.2, -0.15) is 0 Å². The van der Waals surface area contributed by atoms with Crippen LogP contribution in [0.5, 0.6) is 0 Å². The van der Waals surface area contributed by atoms with Crippen LogP contribution in [0.2, 0.25) is 0 Å². The highest BCUT2D eigenvalue weighted by molar-refractivity contribution is 14.0. The van der Waals surface area contributed by atoms with Gasteiger partial charge < -0.3 is 10.2 Å². The second-order valence-corrected chi connectivity index (χ2v) is 10.3. The third-order valence-corrected chi connectivity index (χ3v) is 7.05. The molecule has 0 amide bonds. The van der Waals surface area contributed by atoms with Gasteiger partial charge in [-0.3, -0.25) is 4.99 Å². The second-order valence-electron chi connectivity index (χ2n) is 6.42.